The van der Waals surface area contributed by atoms with E-state index in [9.17, 15) is 9.59 Å². The Morgan fingerprint density at radius 3 is 2.55 bits per heavy atom. The van der Waals surface area contributed by atoms with Crippen LogP contribution in [0.3, 0.4) is 0 Å². The minimum absolute atomic E-state index is 0.0180. The standard InChI is InChI=1S/C24H25BrN2O4/c1-12(2)14-4-6-15(7-5-14)21-20-22(28)17-11-16(25)8-9-18(17)30-23(20)24(29)27(21)19-10-13(3)31-26-19/h4-7,10,12,16-18,21H,8-9,11H2,1-3H3. The molecule has 1 aliphatic carbocycles. The Morgan fingerprint density at radius 2 is 1.90 bits per heavy atom. The number of ether oxygens (including phenoxy) is 1. The smallest absolute Gasteiger partial charge is 0.295 e. The van der Waals surface area contributed by atoms with Gasteiger partial charge in [-0.25, -0.2) is 0 Å². The van der Waals surface area contributed by atoms with E-state index in [4.69, 9.17) is 9.26 Å². The molecular weight excluding hydrogens is 460 g/mol. The van der Waals surface area contributed by atoms with E-state index in [1.165, 1.54) is 5.56 Å². The van der Waals surface area contributed by atoms with E-state index in [2.05, 4.69) is 47.1 Å². The summed E-state index contributed by atoms with van der Waals surface area (Å²) in [5.41, 5.74) is 2.52. The van der Waals surface area contributed by atoms with Gasteiger partial charge >= 0.3 is 0 Å². The summed E-state index contributed by atoms with van der Waals surface area (Å²) in [6.45, 7) is 6.05. The highest BCUT2D eigenvalue weighted by molar-refractivity contribution is 9.09. The maximum absolute atomic E-state index is 13.7. The van der Waals surface area contributed by atoms with E-state index < -0.39 is 6.04 Å². The van der Waals surface area contributed by atoms with E-state index >= 15 is 0 Å². The largest absolute Gasteiger partial charge is 0.483 e. The zero-order valence-corrected chi connectivity index (χ0v) is 19.4. The van der Waals surface area contributed by atoms with Gasteiger partial charge in [-0.3, -0.25) is 14.5 Å². The lowest BCUT2D eigenvalue weighted by Crippen LogP contribution is -2.41. The molecule has 0 spiro atoms. The molecule has 7 heteroatoms. The number of aromatic nitrogens is 1. The number of carbonyl (C=O) groups is 2. The van der Waals surface area contributed by atoms with Crippen molar-refractivity contribution in [3.63, 3.8) is 0 Å². The SMILES string of the molecule is Cc1cc(N2C(=O)C3=C(C(=O)C4CC(Br)CCC4O3)C2c2ccc(C(C)C)cc2)no1. The van der Waals surface area contributed by atoms with Crippen molar-refractivity contribution in [2.24, 2.45) is 5.92 Å². The molecule has 3 heterocycles. The van der Waals surface area contributed by atoms with E-state index in [0.717, 1.165) is 24.8 Å². The first kappa shape index (κ1) is 20.5. The predicted octanol–water partition coefficient (Wildman–Crippen LogP) is 4.98. The molecule has 1 aromatic carbocycles. The summed E-state index contributed by atoms with van der Waals surface area (Å²) in [6, 6.07) is 9.26. The van der Waals surface area contributed by atoms with Gasteiger partial charge in [0, 0.05) is 10.9 Å². The van der Waals surface area contributed by atoms with Gasteiger partial charge in [-0.1, -0.05) is 59.2 Å². The third kappa shape index (κ3) is 3.34. The highest BCUT2D eigenvalue weighted by Crippen LogP contribution is 2.48. The Kier molecular flexibility index (Phi) is 5.04. The van der Waals surface area contributed by atoms with E-state index in [1.807, 2.05) is 12.1 Å². The number of ketones is 1. The number of aryl methyl sites for hydroxylation is 1. The van der Waals surface area contributed by atoms with E-state index in [1.54, 1.807) is 17.9 Å². The first-order valence-corrected chi connectivity index (χ1v) is 11.7. The van der Waals surface area contributed by atoms with Crippen LogP contribution >= 0.6 is 15.9 Å². The third-order valence-corrected chi connectivity index (χ3v) is 7.40. The molecule has 0 bridgehead atoms. The minimum atomic E-state index is -0.572. The number of alkyl halides is 1. The Bertz CT molecular complexity index is 1070. The Morgan fingerprint density at radius 1 is 1.16 bits per heavy atom. The number of rotatable bonds is 3. The molecule has 1 aromatic heterocycles. The molecule has 6 nitrogen and oxygen atoms in total. The van der Waals surface area contributed by atoms with Crippen molar-refractivity contribution in [3.8, 4) is 0 Å². The molecule has 3 aliphatic rings. The number of nitrogens with zero attached hydrogens (tertiary/aromatic N) is 2. The van der Waals surface area contributed by atoms with Crippen molar-refractivity contribution in [2.75, 3.05) is 4.90 Å². The van der Waals surface area contributed by atoms with Crippen molar-refractivity contribution in [1.29, 1.82) is 0 Å². The maximum Gasteiger partial charge on any atom is 0.295 e. The van der Waals surface area contributed by atoms with E-state index in [0.29, 0.717) is 27.9 Å². The molecule has 162 valence electrons. The van der Waals surface area contributed by atoms with Crippen LogP contribution in [0.1, 0.15) is 62.0 Å². The summed E-state index contributed by atoms with van der Waals surface area (Å²) in [7, 11) is 0. The lowest BCUT2D eigenvalue weighted by Gasteiger charge is -2.37. The molecule has 0 N–H and O–H groups in total. The highest BCUT2D eigenvalue weighted by Gasteiger charge is 2.53. The van der Waals surface area contributed by atoms with Crippen molar-refractivity contribution in [1.82, 2.24) is 5.16 Å². The van der Waals surface area contributed by atoms with Crippen LogP contribution in [-0.4, -0.2) is 27.8 Å². The van der Waals surface area contributed by atoms with Crippen molar-refractivity contribution in [3.05, 3.63) is 58.6 Å². The zero-order valence-electron chi connectivity index (χ0n) is 17.8. The van der Waals surface area contributed by atoms with Gasteiger partial charge in [-0.15, -0.1) is 0 Å². The Hall–Kier alpha value is -2.41. The van der Waals surface area contributed by atoms with E-state index in [-0.39, 0.29) is 29.5 Å². The number of carbonyl (C=O) groups excluding carboxylic acids is 2. The molecule has 5 rings (SSSR count). The monoisotopic (exact) mass is 484 g/mol. The Labute approximate surface area is 189 Å². The van der Waals surface area contributed by atoms with Crippen LogP contribution in [0.2, 0.25) is 0 Å². The fraction of sp³-hybridized carbons (Fsp3) is 0.458. The number of amides is 1. The number of anilines is 1. The molecule has 0 radical (unpaired) electrons. The lowest BCUT2D eigenvalue weighted by molar-refractivity contribution is -0.131. The van der Waals surface area contributed by atoms with Crippen molar-refractivity contribution >= 4 is 33.4 Å². The quantitative estimate of drug-likeness (QED) is 0.574. The molecule has 1 amide bonds. The summed E-state index contributed by atoms with van der Waals surface area (Å²) in [5, 5.41) is 4.08. The topological polar surface area (TPSA) is 72.6 Å². The first-order chi connectivity index (χ1) is 14.8. The van der Waals surface area contributed by atoms with Crippen molar-refractivity contribution < 1.29 is 18.8 Å². The molecule has 4 atom stereocenters. The van der Waals surface area contributed by atoms with Crippen LogP contribution < -0.4 is 4.90 Å². The second kappa shape index (κ2) is 7.62. The molecule has 1 saturated carbocycles. The van der Waals surface area contributed by atoms with Crippen LogP contribution in [0.4, 0.5) is 5.82 Å². The molecule has 2 aromatic rings. The molecule has 4 unspecified atom stereocenters. The fourth-order valence-electron chi connectivity index (χ4n) is 4.90. The normalized spacial score (nSPS) is 28.1. The van der Waals surface area contributed by atoms with Crippen molar-refractivity contribution in [2.45, 2.75) is 62.9 Å². The van der Waals surface area contributed by atoms with Gasteiger partial charge in [-0.05, 0) is 43.2 Å². The molecule has 1 fully saturated rings. The summed E-state index contributed by atoms with van der Waals surface area (Å²) in [5.74, 6) is 1.02. The van der Waals surface area contributed by atoms with Gasteiger partial charge in [0.25, 0.3) is 5.91 Å². The van der Waals surface area contributed by atoms with Crippen LogP contribution in [0.25, 0.3) is 0 Å². The molecule has 31 heavy (non-hydrogen) atoms. The highest BCUT2D eigenvalue weighted by atomic mass is 79.9. The molecular formula is C24H25BrN2O4. The zero-order chi connectivity index (χ0) is 21.9. The predicted molar refractivity (Wildman–Crippen MR) is 119 cm³/mol. The van der Waals surface area contributed by atoms with Gasteiger partial charge in [0.2, 0.25) is 0 Å². The van der Waals surface area contributed by atoms with Gasteiger partial charge in [-0.2, -0.15) is 0 Å². The van der Waals surface area contributed by atoms with Crippen LogP contribution in [0, 0.1) is 12.8 Å². The van der Waals surface area contributed by atoms with Gasteiger partial charge in [0.15, 0.2) is 17.4 Å². The molecule has 0 saturated heterocycles. The lowest BCUT2D eigenvalue weighted by atomic mass is 9.77. The maximum atomic E-state index is 13.7. The number of hydrogen-bond acceptors (Lipinski definition) is 5. The summed E-state index contributed by atoms with van der Waals surface area (Å²) < 4.78 is 11.5. The summed E-state index contributed by atoms with van der Waals surface area (Å²) >= 11 is 3.67. The number of hydrogen-bond donors (Lipinski definition) is 0. The third-order valence-electron chi connectivity index (χ3n) is 6.56. The second-order valence-electron chi connectivity index (χ2n) is 8.97. The number of fused-ring (bicyclic) bond motifs is 1. The summed E-state index contributed by atoms with van der Waals surface area (Å²) in [4.78, 5) is 29.0. The van der Waals surface area contributed by atoms with Crippen LogP contribution in [-0.2, 0) is 14.3 Å². The minimum Gasteiger partial charge on any atom is -0.483 e. The van der Waals surface area contributed by atoms with Crippen LogP contribution in [0.15, 0.2) is 46.2 Å². The fourth-order valence-corrected chi connectivity index (χ4v) is 5.56. The second-order valence-corrected chi connectivity index (χ2v) is 10.3. The average molecular weight is 485 g/mol. The average Bonchev–Trinajstić information content (AvgIpc) is 3.30. The number of benzene rings is 1. The summed E-state index contributed by atoms with van der Waals surface area (Å²) in [6.07, 6.45) is 2.16. The first-order valence-electron chi connectivity index (χ1n) is 10.8. The number of halogens is 1. The molecule has 2 aliphatic heterocycles. The Balaban J connectivity index is 1.62. The van der Waals surface area contributed by atoms with Gasteiger partial charge < -0.3 is 9.26 Å². The van der Waals surface area contributed by atoms with Crippen LogP contribution in [0.5, 0.6) is 0 Å². The van der Waals surface area contributed by atoms with Gasteiger partial charge in [0.1, 0.15) is 11.9 Å². The van der Waals surface area contributed by atoms with Gasteiger partial charge in [0.05, 0.1) is 17.5 Å². The number of Topliss-reactive ketones (excluding diaryl/α,β-unsaturated/α-hetero) is 1.